The van der Waals surface area contributed by atoms with E-state index in [0.29, 0.717) is 17.8 Å². The average Bonchev–Trinajstić information content (AvgIpc) is 2.93. The lowest BCUT2D eigenvalue weighted by molar-refractivity contribution is 0.424. The van der Waals surface area contributed by atoms with Crippen LogP contribution in [0, 0.1) is 5.82 Å². The first-order valence-electron chi connectivity index (χ1n) is 6.25. The van der Waals surface area contributed by atoms with Crippen molar-refractivity contribution in [3.05, 3.63) is 64.1 Å². The molecule has 0 atom stereocenters. The summed E-state index contributed by atoms with van der Waals surface area (Å²) >= 11 is 3.38. The van der Waals surface area contributed by atoms with Crippen LogP contribution in [0.15, 0.2) is 51.5 Å². The zero-order valence-electron chi connectivity index (χ0n) is 10.9. The lowest BCUT2D eigenvalue weighted by Crippen LogP contribution is -1.95. The molecule has 0 spiro atoms. The van der Waals surface area contributed by atoms with Crippen molar-refractivity contribution in [3.8, 4) is 11.5 Å². The molecule has 4 nitrogen and oxygen atoms in total. The first-order chi connectivity index (χ1) is 10.1. The maximum absolute atomic E-state index is 13.4. The van der Waals surface area contributed by atoms with E-state index in [1.807, 2.05) is 24.3 Å². The number of hydrogen-bond acceptors (Lipinski definition) is 4. The number of rotatable bonds is 3. The van der Waals surface area contributed by atoms with Gasteiger partial charge in [0.05, 0.1) is 11.3 Å². The Morgan fingerprint density at radius 3 is 2.67 bits per heavy atom. The number of para-hydroxylation sites is 1. The van der Waals surface area contributed by atoms with Crippen molar-refractivity contribution < 1.29 is 8.91 Å². The Bertz CT molecular complexity index is 771. The maximum atomic E-state index is 13.4. The summed E-state index contributed by atoms with van der Waals surface area (Å²) in [5.74, 6) is 0.246. The quantitative estimate of drug-likeness (QED) is 0.731. The number of halogens is 2. The molecule has 1 aromatic heterocycles. The summed E-state index contributed by atoms with van der Waals surface area (Å²) in [6.07, 6.45) is 0.534. The number of aromatic nitrogens is 2. The van der Waals surface area contributed by atoms with E-state index >= 15 is 0 Å². The molecule has 0 bridgehead atoms. The first kappa shape index (κ1) is 13.8. The molecule has 2 N–H and O–H groups in total. The van der Waals surface area contributed by atoms with Crippen LogP contribution in [0.25, 0.3) is 11.5 Å². The third-order valence-corrected chi connectivity index (χ3v) is 3.56. The van der Waals surface area contributed by atoms with Crippen molar-refractivity contribution in [1.29, 1.82) is 0 Å². The highest BCUT2D eigenvalue weighted by Crippen LogP contribution is 2.26. The Morgan fingerprint density at radius 1 is 1.14 bits per heavy atom. The Morgan fingerprint density at radius 2 is 1.90 bits per heavy atom. The van der Waals surface area contributed by atoms with Crippen LogP contribution in [-0.4, -0.2) is 10.1 Å². The molecule has 0 aliphatic rings. The predicted octanol–water partition coefficient (Wildman–Crippen LogP) is 3.81. The third kappa shape index (κ3) is 2.95. The summed E-state index contributed by atoms with van der Waals surface area (Å²) in [5, 5.41) is 3.91. The summed E-state index contributed by atoms with van der Waals surface area (Å²) in [5.41, 5.74) is 7.16. The van der Waals surface area contributed by atoms with Gasteiger partial charge in [-0.2, -0.15) is 4.98 Å². The van der Waals surface area contributed by atoms with Gasteiger partial charge in [0.2, 0.25) is 0 Å². The molecular weight excluding hydrogens is 337 g/mol. The van der Waals surface area contributed by atoms with Gasteiger partial charge < -0.3 is 10.3 Å². The fourth-order valence-electron chi connectivity index (χ4n) is 1.94. The van der Waals surface area contributed by atoms with Gasteiger partial charge in [0.15, 0.2) is 5.82 Å². The van der Waals surface area contributed by atoms with Crippen molar-refractivity contribution in [3.63, 3.8) is 0 Å². The molecular formula is C15H11BrFN3O. The van der Waals surface area contributed by atoms with E-state index in [4.69, 9.17) is 10.3 Å². The van der Waals surface area contributed by atoms with Crippen LogP contribution in [0.3, 0.4) is 0 Å². The fourth-order valence-corrected chi connectivity index (χ4v) is 2.21. The van der Waals surface area contributed by atoms with Crippen LogP contribution >= 0.6 is 15.9 Å². The molecule has 0 amide bonds. The van der Waals surface area contributed by atoms with Gasteiger partial charge in [-0.3, -0.25) is 0 Å². The largest absolute Gasteiger partial charge is 0.396 e. The van der Waals surface area contributed by atoms with Gasteiger partial charge in [-0.25, -0.2) is 4.39 Å². The Kier molecular flexibility index (Phi) is 3.70. The number of anilines is 1. The van der Waals surface area contributed by atoms with Gasteiger partial charge in [0, 0.05) is 10.9 Å². The predicted molar refractivity (Wildman–Crippen MR) is 81.1 cm³/mol. The number of nitrogens with zero attached hydrogens (tertiary/aromatic N) is 2. The average molecular weight is 348 g/mol. The van der Waals surface area contributed by atoms with Crippen LogP contribution < -0.4 is 5.73 Å². The second-order valence-corrected chi connectivity index (χ2v) is 5.44. The first-order valence-corrected chi connectivity index (χ1v) is 7.04. The van der Waals surface area contributed by atoms with Gasteiger partial charge in [-0.15, -0.1) is 0 Å². The lowest BCUT2D eigenvalue weighted by Gasteiger charge is -2.00. The van der Waals surface area contributed by atoms with E-state index in [0.717, 1.165) is 10.0 Å². The Labute approximate surface area is 128 Å². The highest BCUT2D eigenvalue weighted by Gasteiger charge is 2.14. The molecule has 0 radical (unpaired) electrons. The van der Waals surface area contributed by atoms with Crippen molar-refractivity contribution in [2.24, 2.45) is 0 Å². The number of nitrogens with two attached hydrogens (primary N) is 1. The minimum atomic E-state index is -0.500. The molecule has 0 saturated carbocycles. The summed E-state index contributed by atoms with van der Waals surface area (Å²) < 4.78 is 19.6. The maximum Gasteiger partial charge on any atom is 0.260 e. The monoisotopic (exact) mass is 347 g/mol. The minimum absolute atomic E-state index is 0.0105. The zero-order valence-corrected chi connectivity index (χ0v) is 12.5. The normalized spacial score (nSPS) is 10.8. The van der Waals surface area contributed by atoms with Crippen LogP contribution in [-0.2, 0) is 6.42 Å². The molecule has 0 aliphatic heterocycles. The van der Waals surface area contributed by atoms with Crippen molar-refractivity contribution in [2.75, 3.05) is 5.73 Å². The molecule has 2 aromatic carbocycles. The molecule has 0 aliphatic carbocycles. The third-order valence-electron chi connectivity index (χ3n) is 3.03. The van der Waals surface area contributed by atoms with Gasteiger partial charge in [0.25, 0.3) is 5.89 Å². The van der Waals surface area contributed by atoms with Gasteiger partial charge in [-0.1, -0.05) is 39.3 Å². The Balaban J connectivity index is 1.86. The van der Waals surface area contributed by atoms with Crippen LogP contribution in [0.2, 0.25) is 0 Å². The van der Waals surface area contributed by atoms with Gasteiger partial charge >= 0.3 is 0 Å². The fraction of sp³-hybridized carbons (Fsp3) is 0.0667. The standard InChI is InChI=1S/C15H11BrFN3O/c16-10-6-4-9(5-7-10)8-13-19-15(21-20-13)11-2-1-3-12(17)14(11)18/h1-7H,8,18H2. The Hall–Kier alpha value is -2.21. The van der Waals surface area contributed by atoms with E-state index in [1.54, 1.807) is 12.1 Å². The smallest absolute Gasteiger partial charge is 0.260 e. The molecule has 21 heavy (non-hydrogen) atoms. The zero-order chi connectivity index (χ0) is 14.8. The van der Waals surface area contributed by atoms with Crippen molar-refractivity contribution in [2.45, 2.75) is 6.42 Å². The summed E-state index contributed by atoms with van der Waals surface area (Å²) in [4.78, 5) is 4.26. The van der Waals surface area contributed by atoms with E-state index in [9.17, 15) is 4.39 Å². The second-order valence-electron chi connectivity index (χ2n) is 4.52. The van der Waals surface area contributed by atoms with E-state index in [2.05, 4.69) is 26.1 Å². The highest BCUT2D eigenvalue weighted by molar-refractivity contribution is 9.10. The number of hydrogen-bond donors (Lipinski definition) is 1. The van der Waals surface area contributed by atoms with Crippen LogP contribution in [0.1, 0.15) is 11.4 Å². The SMILES string of the molecule is Nc1c(F)cccc1-c1nc(Cc2ccc(Br)cc2)no1. The van der Waals surface area contributed by atoms with Crippen molar-refractivity contribution in [1.82, 2.24) is 10.1 Å². The topological polar surface area (TPSA) is 64.9 Å². The molecule has 0 fully saturated rings. The highest BCUT2D eigenvalue weighted by atomic mass is 79.9. The molecule has 0 saturated heterocycles. The number of nitrogen functional groups attached to an aromatic ring is 1. The summed E-state index contributed by atoms with van der Waals surface area (Å²) in [6, 6.07) is 12.3. The van der Waals surface area contributed by atoms with Crippen LogP contribution in [0.5, 0.6) is 0 Å². The molecule has 1 heterocycles. The van der Waals surface area contributed by atoms with E-state index in [-0.39, 0.29) is 11.6 Å². The lowest BCUT2D eigenvalue weighted by atomic mass is 10.1. The minimum Gasteiger partial charge on any atom is -0.396 e. The summed E-state index contributed by atoms with van der Waals surface area (Å²) in [6.45, 7) is 0. The van der Waals surface area contributed by atoms with Crippen LogP contribution in [0.4, 0.5) is 10.1 Å². The second kappa shape index (κ2) is 5.65. The van der Waals surface area contributed by atoms with Gasteiger partial charge in [0.1, 0.15) is 5.82 Å². The van der Waals surface area contributed by atoms with Gasteiger partial charge in [-0.05, 0) is 29.8 Å². The molecule has 6 heteroatoms. The van der Waals surface area contributed by atoms with E-state index < -0.39 is 5.82 Å². The number of benzene rings is 2. The summed E-state index contributed by atoms with van der Waals surface area (Å²) in [7, 11) is 0. The molecule has 0 unspecified atom stereocenters. The molecule has 3 rings (SSSR count). The molecule has 106 valence electrons. The van der Waals surface area contributed by atoms with Crippen molar-refractivity contribution >= 4 is 21.6 Å². The molecule has 3 aromatic rings. The van der Waals surface area contributed by atoms with E-state index in [1.165, 1.54) is 6.07 Å².